The third-order valence-electron chi connectivity index (χ3n) is 2.67. The van der Waals surface area contributed by atoms with E-state index in [1.165, 1.54) is 32.5 Å². The van der Waals surface area contributed by atoms with Gasteiger partial charge in [-0.25, -0.2) is 10.0 Å². The molecule has 58 valence electrons. The second-order valence-electron chi connectivity index (χ2n) is 3.27. The largest absolute Gasteiger partial charge is 0.317 e. The van der Waals surface area contributed by atoms with Crippen LogP contribution in [-0.2, 0) is 0 Å². The summed E-state index contributed by atoms with van der Waals surface area (Å²) in [5, 5.41) is 4.66. The Balaban J connectivity index is 2.01. The maximum absolute atomic E-state index is 5.57. The van der Waals surface area contributed by atoms with Gasteiger partial charge in [0.2, 0.25) is 0 Å². The van der Waals surface area contributed by atoms with Crippen LogP contribution in [0.5, 0.6) is 0 Å². The summed E-state index contributed by atoms with van der Waals surface area (Å²) in [6, 6.07) is 0. The highest BCUT2D eigenvalue weighted by Crippen LogP contribution is 2.25. The molecule has 0 aromatic carbocycles. The van der Waals surface area contributed by atoms with Crippen LogP contribution in [0.4, 0.5) is 0 Å². The van der Waals surface area contributed by atoms with Crippen molar-refractivity contribution in [1.29, 1.82) is 0 Å². The maximum atomic E-state index is 5.57. The van der Waals surface area contributed by atoms with Crippen molar-refractivity contribution in [3.05, 3.63) is 0 Å². The number of hydrogen-bond donors (Lipinski definition) is 1. The standard InChI is InChI=1S/C7H15N3/c8-6-10-5-7-1-3-9(10)4-2-7/h7H,1-6,8H2. The number of hydrazine groups is 1. The second-order valence-corrected chi connectivity index (χ2v) is 3.27. The number of rotatable bonds is 1. The molecule has 0 aromatic heterocycles. The molecule has 0 aliphatic carbocycles. The fourth-order valence-electron chi connectivity index (χ4n) is 1.99. The van der Waals surface area contributed by atoms with Crippen LogP contribution in [0.3, 0.4) is 0 Å². The molecule has 2 bridgehead atoms. The highest BCUT2D eigenvalue weighted by atomic mass is 15.6. The van der Waals surface area contributed by atoms with Gasteiger partial charge in [-0.05, 0) is 18.8 Å². The van der Waals surface area contributed by atoms with E-state index in [1.807, 2.05) is 0 Å². The van der Waals surface area contributed by atoms with Gasteiger partial charge in [-0.15, -0.1) is 0 Å². The van der Waals surface area contributed by atoms with Crippen molar-refractivity contribution in [2.75, 3.05) is 26.3 Å². The van der Waals surface area contributed by atoms with Crippen LogP contribution in [0.15, 0.2) is 0 Å². The van der Waals surface area contributed by atoms with E-state index in [9.17, 15) is 0 Å². The zero-order valence-corrected chi connectivity index (χ0v) is 6.29. The minimum absolute atomic E-state index is 0.705. The number of nitrogens with zero attached hydrogens (tertiary/aromatic N) is 2. The van der Waals surface area contributed by atoms with E-state index < -0.39 is 0 Å². The summed E-state index contributed by atoms with van der Waals surface area (Å²) in [5.41, 5.74) is 5.57. The lowest BCUT2D eigenvalue weighted by atomic mass is 9.95. The van der Waals surface area contributed by atoms with E-state index in [2.05, 4.69) is 10.0 Å². The molecule has 0 spiro atoms. The van der Waals surface area contributed by atoms with Crippen LogP contribution in [0.1, 0.15) is 12.8 Å². The van der Waals surface area contributed by atoms with Gasteiger partial charge in [-0.1, -0.05) is 0 Å². The van der Waals surface area contributed by atoms with Crippen molar-refractivity contribution < 1.29 is 0 Å². The molecule has 3 fully saturated rings. The predicted molar refractivity (Wildman–Crippen MR) is 40.1 cm³/mol. The predicted octanol–water partition coefficient (Wildman–Crippen LogP) is -0.155. The Morgan fingerprint density at radius 1 is 1.30 bits per heavy atom. The van der Waals surface area contributed by atoms with Gasteiger partial charge in [0.25, 0.3) is 0 Å². The Kier molecular flexibility index (Phi) is 1.64. The van der Waals surface area contributed by atoms with Gasteiger partial charge in [0.15, 0.2) is 0 Å². The minimum Gasteiger partial charge on any atom is -0.317 e. The molecule has 0 aromatic rings. The first-order chi connectivity index (χ1) is 4.90. The highest BCUT2D eigenvalue weighted by molar-refractivity contribution is 4.78. The first-order valence-corrected chi connectivity index (χ1v) is 4.10. The van der Waals surface area contributed by atoms with Gasteiger partial charge in [-0.3, -0.25) is 0 Å². The monoisotopic (exact) mass is 141 g/mol. The second kappa shape index (κ2) is 2.49. The highest BCUT2D eigenvalue weighted by Gasteiger charge is 2.30. The molecule has 0 saturated carbocycles. The van der Waals surface area contributed by atoms with Crippen LogP contribution in [-0.4, -0.2) is 36.3 Å². The van der Waals surface area contributed by atoms with Gasteiger partial charge < -0.3 is 5.73 Å². The Morgan fingerprint density at radius 2 is 2.00 bits per heavy atom. The molecule has 3 aliphatic rings. The normalized spacial score (nSPS) is 40.5. The van der Waals surface area contributed by atoms with Gasteiger partial charge in [-0.2, -0.15) is 0 Å². The van der Waals surface area contributed by atoms with E-state index >= 15 is 0 Å². The fraction of sp³-hybridized carbons (Fsp3) is 1.00. The van der Waals surface area contributed by atoms with Crippen molar-refractivity contribution in [2.24, 2.45) is 11.7 Å². The third-order valence-corrected chi connectivity index (χ3v) is 2.67. The Morgan fingerprint density at radius 3 is 2.30 bits per heavy atom. The zero-order chi connectivity index (χ0) is 6.97. The first-order valence-electron chi connectivity index (χ1n) is 4.10. The van der Waals surface area contributed by atoms with Crippen molar-refractivity contribution in [3.63, 3.8) is 0 Å². The molecule has 3 heteroatoms. The van der Waals surface area contributed by atoms with Crippen molar-refractivity contribution in [2.45, 2.75) is 12.8 Å². The van der Waals surface area contributed by atoms with E-state index in [1.54, 1.807) is 0 Å². The van der Waals surface area contributed by atoms with E-state index in [-0.39, 0.29) is 0 Å². The van der Waals surface area contributed by atoms with Crippen molar-refractivity contribution in [1.82, 2.24) is 10.0 Å². The molecule has 3 aliphatic heterocycles. The smallest absolute Gasteiger partial charge is 0.0598 e. The first kappa shape index (κ1) is 6.58. The number of nitrogens with two attached hydrogens (primary N) is 1. The number of piperidine rings is 1. The van der Waals surface area contributed by atoms with Gasteiger partial charge in [0.05, 0.1) is 6.67 Å². The topological polar surface area (TPSA) is 32.5 Å². The number of fused-ring (bicyclic) bond motifs is 3. The van der Waals surface area contributed by atoms with E-state index in [0.29, 0.717) is 6.67 Å². The lowest BCUT2D eigenvalue weighted by Crippen LogP contribution is -2.57. The van der Waals surface area contributed by atoms with Crippen LogP contribution in [0.2, 0.25) is 0 Å². The molecule has 3 heterocycles. The maximum Gasteiger partial charge on any atom is 0.0598 e. The molecule has 3 rings (SSSR count). The molecule has 3 nitrogen and oxygen atoms in total. The van der Waals surface area contributed by atoms with Gasteiger partial charge in [0.1, 0.15) is 0 Å². The van der Waals surface area contributed by atoms with Crippen LogP contribution in [0.25, 0.3) is 0 Å². The summed E-state index contributed by atoms with van der Waals surface area (Å²) >= 11 is 0. The average Bonchev–Trinajstić information content (AvgIpc) is 2.06. The number of hydrogen-bond acceptors (Lipinski definition) is 3. The van der Waals surface area contributed by atoms with E-state index in [4.69, 9.17) is 5.73 Å². The molecular weight excluding hydrogens is 126 g/mol. The van der Waals surface area contributed by atoms with Gasteiger partial charge >= 0.3 is 0 Å². The zero-order valence-electron chi connectivity index (χ0n) is 6.29. The molecule has 0 amide bonds. The van der Waals surface area contributed by atoms with Crippen LogP contribution in [0, 0.1) is 5.92 Å². The van der Waals surface area contributed by atoms with Crippen LogP contribution >= 0.6 is 0 Å². The summed E-state index contributed by atoms with van der Waals surface area (Å²) in [6.45, 7) is 4.39. The Labute approximate surface area is 61.7 Å². The summed E-state index contributed by atoms with van der Waals surface area (Å²) < 4.78 is 0. The molecule has 0 radical (unpaired) electrons. The third kappa shape index (κ3) is 0.944. The molecule has 3 saturated heterocycles. The molecule has 10 heavy (non-hydrogen) atoms. The van der Waals surface area contributed by atoms with E-state index in [0.717, 1.165) is 5.92 Å². The minimum atomic E-state index is 0.705. The Bertz CT molecular complexity index is 118. The summed E-state index contributed by atoms with van der Waals surface area (Å²) in [6.07, 6.45) is 2.77. The molecule has 2 N–H and O–H groups in total. The fourth-order valence-corrected chi connectivity index (χ4v) is 1.99. The summed E-state index contributed by atoms with van der Waals surface area (Å²) in [5.74, 6) is 0.938. The molecule has 0 unspecified atom stereocenters. The quantitative estimate of drug-likeness (QED) is 0.551. The lowest BCUT2D eigenvalue weighted by molar-refractivity contribution is -0.108. The lowest BCUT2D eigenvalue weighted by Gasteiger charge is -2.46. The average molecular weight is 141 g/mol. The SMILES string of the molecule is NCN1CC2CCN1CC2. The Hall–Kier alpha value is -0.120. The van der Waals surface area contributed by atoms with Crippen molar-refractivity contribution >= 4 is 0 Å². The summed E-state index contributed by atoms with van der Waals surface area (Å²) in [7, 11) is 0. The van der Waals surface area contributed by atoms with Crippen LogP contribution < -0.4 is 5.73 Å². The summed E-state index contributed by atoms with van der Waals surface area (Å²) in [4.78, 5) is 0. The van der Waals surface area contributed by atoms with Crippen molar-refractivity contribution in [3.8, 4) is 0 Å². The molecule has 0 atom stereocenters. The molecular formula is C7H15N3. The van der Waals surface area contributed by atoms with Gasteiger partial charge in [0, 0.05) is 19.6 Å².